The Morgan fingerprint density at radius 3 is 3.00 bits per heavy atom. The van der Waals surface area contributed by atoms with Crippen LogP contribution in [0.4, 0.5) is 5.69 Å². The monoisotopic (exact) mass is 249 g/mol. The third-order valence-electron chi connectivity index (χ3n) is 2.03. The molecular formula is C10H11N5OS. The van der Waals surface area contributed by atoms with Gasteiger partial charge in [-0.15, -0.1) is 5.10 Å². The minimum atomic E-state index is -0.107. The van der Waals surface area contributed by atoms with Crippen LogP contribution < -0.4 is 5.32 Å². The van der Waals surface area contributed by atoms with E-state index < -0.39 is 0 Å². The number of tetrazole rings is 1. The number of aromatic nitrogens is 4. The first-order valence-electron chi connectivity index (χ1n) is 4.91. The van der Waals surface area contributed by atoms with E-state index in [-0.39, 0.29) is 5.91 Å². The molecule has 17 heavy (non-hydrogen) atoms. The first-order chi connectivity index (χ1) is 8.20. The van der Waals surface area contributed by atoms with Gasteiger partial charge in [-0.25, -0.2) is 0 Å². The summed E-state index contributed by atoms with van der Waals surface area (Å²) in [6.45, 7) is 1.47. The lowest BCUT2D eigenvalue weighted by molar-refractivity contribution is -0.114. The molecule has 0 atom stereocenters. The molecule has 0 unspecified atom stereocenters. The van der Waals surface area contributed by atoms with Crippen LogP contribution >= 0.6 is 11.8 Å². The van der Waals surface area contributed by atoms with E-state index in [0.29, 0.717) is 5.16 Å². The van der Waals surface area contributed by atoms with Gasteiger partial charge in [0.05, 0.1) is 5.69 Å². The molecule has 0 saturated carbocycles. The van der Waals surface area contributed by atoms with Crippen molar-refractivity contribution in [2.45, 2.75) is 12.1 Å². The predicted molar refractivity (Wildman–Crippen MR) is 65.2 cm³/mol. The predicted octanol–water partition coefficient (Wildman–Crippen LogP) is 1.34. The molecule has 1 aromatic heterocycles. The zero-order valence-corrected chi connectivity index (χ0v) is 10.2. The van der Waals surface area contributed by atoms with E-state index in [1.165, 1.54) is 18.7 Å². The fraction of sp³-hybridized carbons (Fsp3) is 0.200. The van der Waals surface area contributed by atoms with E-state index >= 15 is 0 Å². The summed E-state index contributed by atoms with van der Waals surface area (Å²) < 4.78 is 1.62. The molecule has 1 N–H and O–H groups in total. The summed E-state index contributed by atoms with van der Waals surface area (Å²) in [5.41, 5.74) is 1.53. The van der Waals surface area contributed by atoms with Crippen LogP contribution in [0.15, 0.2) is 29.4 Å². The molecule has 0 spiro atoms. The second kappa shape index (κ2) is 4.96. The second-order valence-corrected chi connectivity index (χ2v) is 4.08. The summed E-state index contributed by atoms with van der Waals surface area (Å²) >= 11 is 1.46. The maximum Gasteiger partial charge on any atom is 0.221 e. The summed E-state index contributed by atoms with van der Waals surface area (Å²) in [7, 11) is 0. The van der Waals surface area contributed by atoms with Crippen LogP contribution in [0.25, 0.3) is 5.69 Å². The third-order valence-corrected chi connectivity index (χ3v) is 2.65. The van der Waals surface area contributed by atoms with Crippen LogP contribution in [-0.2, 0) is 4.79 Å². The standard InChI is InChI=1S/C10H11N5OS/c1-7(16)11-8-4-3-5-9(6-8)15-10(17-2)12-13-14-15/h3-6H,1-2H3,(H,11,16). The summed E-state index contributed by atoms with van der Waals surface area (Å²) in [6.07, 6.45) is 1.90. The number of thioether (sulfide) groups is 1. The van der Waals surface area contributed by atoms with Crippen molar-refractivity contribution >= 4 is 23.4 Å². The molecule has 2 rings (SSSR count). The molecule has 0 aliphatic rings. The maximum absolute atomic E-state index is 11.0. The highest BCUT2D eigenvalue weighted by Gasteiger charge is 2.07. The number of nitrogens with one attached hydrogen (secondary N) is 1. The average molecular weight is 249 g/mol. The van der Waals surface area contributed by atoms with Gasteiger partial charge in [-0.1, -0.05) is 17.8 Å². The van der Waals surface area contributed by atoms with Gasteiger partial charge in [-0.05, 0) is 34.9 Å². The topological polar surface area (TPSA) is 72.7 Å². The molecule has 1 heterocycles. The number of amides is 1. The van der Waals surface area contributed by atoms with Crippen molar-refractivity contribution in [3.05, 3.63) is 24.3 Å². The number of carbonyl (C=O) groups excluding carboxylic acids is 1. The fourth-order valence-corrected chi connectivity index (χ4v) is 1.82. The zero-order chi connectivity index (χ0) is 12.3. The first-order valence-corrected chi connectivity index (χ1v) is 6.13. The number of rotatable bonds is 3. The van der Waals surface area contributed by atoms with Crippen molar-refractivity contribution in [2.24, 2.45) is 0 Å². The Labute approximate surface area is 102 Å². The summed E-state index contributed by atoms with van der Waals surface area (Å²) in [6, 6.07) is 7.35. The van der Waals surface area contributed by atoms with Crippen molar-refractivity contribution in [3.8, 4) is 5.69 Å². The third kappa shape index (κ3) is 2.62. The first kappa shape index (κ1) is 11.6. The van der Waals surface area contributed by atoms with Gasteiger partial charge in [-0.2, -0.15) is 4.68 Å². The minimum absolute atomic E-state index is 0.107. The number of hydrogen-bond acceptors (Lipinski definition) is 5. The summed E-state index contributed by atoms with van der Waals surface area (Å²) in [4.78, 5) is 11.0. The van der Waals surface area contributed by atoms with E-state index in [4.69, 9.17) is 0 Å². The SMILES string of the molecule is CSc1nnnn1-c1cccc(NC(C)=O)c1. The Kier molecular flexibility index (Phi) is 3.38. The average Bonchev–Trinajstić information content (AvgIpc) is 2.76. The largest absolute Gasteiger partial charge is 0.326 e. The maximum atomic E-state index is 11.0. The zero-order valence-electron chi connectivity index (χ0n) is 9.41. The van der Waals surface area contributed by atoms with Crippen LogP contribution in [0.5, 0.6) is 0 Å². The van der Waals surface area contributed by atoms with E-state index in [0.717, 1.165) is 11.4 Å². The molecule has 1 aromatic carbocycles. The molecular weight excluding hydrogens is 238 g/mol. The molecule has 0 bridgehead atoms. The molecule has 0 aliphatic heterocycles. The molecule has 0 fully saturated rings. The molecule has 0 aliphatic carbocycles. The highest BCUT2D eigenvalue weighted by Crippen LogP contribution is 2.18. The van der Waals surface area contributed by atoms with Crippen LogP contribution in [0.2, 0.25) is 0 Å². The van der Waals surface area contributed by atoms with Gasteiger partial charge in [0, 0.05) is 12.6 Å². The number of nitrogens with zero attached hydrogens (tertiary/aromatic N) is 4. The number of anilines is 1. The molecule has 88 valence electrons. The van der Waals surface area contributed by atoms with Crippen molar-refractivity contribution in [1.82, 2.24) is 20.2 Å². The highest BCUT2D eigenvalue weighted by atomic mass is 32.2. The number of benzene rings is 1. The van der Waals surface area contributed by atoms with Gasteiger partial charge < -0.3 is 5.32 Å². The molecule has 0 radical (unpaired) electrons. The molecule has 6 nitrogen and oxygen atoms in total. The van der Waals surface area contributed by atoms with Crippen LogP contribution in [-0.4, -0.2) is 32.4 Å². The number of carbonyl (C=O) groups is 1. The van der Waals surface area contributed by atoms with Crippen molar-refractivity contribution in [3.63, 3.8) is 0 Å². The van der Waals surface area contributed by atoms with E-state index in [9.17, 15) is 4.79 Å². The Balaban J connectivity index is 2.36. The second-order valence-electron chi connectivity index (χ2n) is 3.31. The molecule has 1 amide bonds. The van der Waals surface area contributed by atoms with Gasteiger partial charge in [0.25, 0.3) is 0 Å². The van der Waals surface area contributed by atoms with E-state index in [2.05, 4.69) is 20.8 Å². The van der Waals surface area contributed by atoms with Crippen LogP contribution in [0.1, 0.15) is 6.92 Å². The van der Waals surface area contributed by atoms with Gasteiger partial charge in [0.1, 0.15) is 0 Å². The Morgan fingerprint density at radius 1 is 1.47 bits per heavy atom. The Morgan fingerprint density at radius 2 is 2.29 bits per heavy atom. The fourth-order valence-electron chi connectivity index (χ4n) is 1.39. The lowest BCUT2D eigenvalue weighted by atomic mass is 10.3. The van der Waals surface area contributed by atoms with Crippen LogP contribution in [0, 0.1) is 0 Å². The smallest absolute Gasteiger partial charge is 0.221 e. The number of hydrogen-bond donors (Lipinski definition) is 1. The molecule has 0 saturated heterocycles. The minimum Gasteiger partial charge on any atom is -0.326 e. The van der Waals surface area contributed by atoms with Crippen molar-refractivity contribution in [1.29, 1.82) is 0 Å². The van der Waals surface area contributed by atoms with Gasteiger partial charge >= 0.3 is 0 Å². The lowest BCUT2D eigenvalue weighted by Gasteiger charge is -2.06. The lowest BCUT2D eigenvalue weighted by Crippen LogP contribution is -2.06. The summed E-state index contributed by atoms with van der Waals surface area (Å²) in [5.74, 6) is -0.107. The van der Waals surface area contributed by atoms with Gasteiger partial charge in [-0.3, -0.25) is 4.79 Å². The van der Waals surface area contributed by atoms with Crippen molar-refractivity contribution in [2.75, 3.05) is 11.6 Å². The van der Waals surface area contributed by atoms with Crippen molar-refractivity contribution < 1.29 is 4.79 Å². The Bertz CT molecular complexity index is 539. The van der Waals surface area contributed by atoms with E-state index in [1.807, 2.05) is 30.5 Å². The van der Waals surface area contributed by atoms with Gasteiger partial charge in [0.2, 0.25) is 11.1 Å². The normalized spacial score (nSPS) is 10.2. The summed E-state index contributed by atoms with van der Waals surface area (Å²) in [5, 5.41) is 14.8. The Hall–Kier alpha value is -1.89. The molecule has 7 heteroatoms. The molecule has 2 aromatic rings. The quantitative estimate of drug-likeness (QED) is 0.831. The van der Waals surface area contributed by atoms with Gasteiger partial charge in [0.15, 0.2) is 0 Å². The van der Waals surface area contributed by atoms with Crippen LogP contribution in [0.3, 0.4) is 0 Å². The highest BCUT2D eigenvalue weighted by molar-refractivity contribution is 7.98. The van der Waals surface area contributed by atoms with E-state index in [1.54, 1.807) is 4.68 Å².